The third kappa shape index (κ3) is 2.79. The van der Waals surface area contributed by atoms with Gasteiger partial charge in [0.25, 0.3) is 0 Å². The number of nitrogens with zero attached hydrogens (tertiary/aromatic N) is 2. The standard InChI is InChI=1S/C10H15N3O2/c1-14-9-6-12-10(13-7-9)15-8-3-2-4-11-5-8/h6-8,11H,2-5H2,1H3/t8-/m1/s1. The topological polar surface area (TPSA) is 56.3 Å². The quantitative estimate of drug-likeness (QED) is 0.790. The van der Waals surface area contributed by atoms with Crippen LogP contribution in [-0.2, 0) is 0 Å². The van der Waals surface area contributed by atoms with E-state index in [4.69, 9.17) is 9.47 Å². The molecule has 82 valence electrons. The molecule has 2 heterocycles. The highest BCUT2D eigenvalue weighted by molar-refractivity contribution is 5.13. The summed E-state index contributed by atoms with van der Waals surface area (Å²) in [4.78, 5) is 8.12. The lowest BCUT2D eigenvalue weighted by molar-refractivity contribution is 0.153. The van der Waals surface area contributed by atoms with E-state index in [1.807, 2.05) is 0 Å². The molecule has 1 aromatic rings. The van der Waals surface area contributed by atoms with Crippen molar-refractivity contribution in [1.29, 1.82) is 0 Å². The monoisotopic (exact) mass is 209 g/mol. The van der Waals surface area contributed by atoms with Gasteiger partial charge in [0.1, 0.15) is 6.10 Å². The maximum atomic E-state index is 5.61. The molecule has 1 atom stereocenters. The van der Waals surface area contributed by atoms with Crippen LogP contribution in [0.1, 0.15) is 12.8 Å². The zero-order valence-corrected chi connectivity index (χ0v) is 8.77. The number of nitrogens with one attached hydrogen (secondary N) is 1. The average molecular weight is 209 g/mol. The third-order valence-corrected chi connectivity index (χ3v) is 2.36. The Balaban J connectivity index is 1.91. The molecule has 0 bridgehead atoms. The molecule has 0 saturated carbocycles. The van der Waals surface area contributed by atoms with Crippen LogP contribution in [0.25, 0.3) is 0 Å². The Morgan fingerprint density at radius 3 is 2.80 bits per heavy atom. The number of aromatic nitrogens is 2. The van der Waals surface area contributed by atoms with Crippen LogP contribution >= 0.6 is 0 Å². The molecule has 5 heteroatoms. The Bertz CT molecular complexity index is 296. The van der Waals surface area contributed by atoms with E-state index in [0.717, 1.165) is 25.9 Å². The molecule has 0 spiro atoms. The van der Waals surface area contributed by atoms with Crippen molar-refractivity contribution in [3.8, 4) is 11.8 Å². The molecule has 1 N–H and O–H groups in total. The van der Waals surface area contributed by atoms with Crippen molar-refractivity contribution in [2.24, 2.45) is 0 Å². The maximum absolute atomic E-state index is 5.61. The zero-order chi connectivity index (χ0) is 10.5. The molecule has 0 amide bonds. The summed E-state index contributed by atoms with van der Waals surface area (Å²) in [6.45, 7) is 1.94. The van der Waals surface area contributed by atoms with Crippen LogP contribution in [0.15, 0.2) is 12.4 Å². The van der Waals surface area contributed by atoms with Gasteiger partial charge in [0.2, 0.25) is 0 Å². The van der Waals surface area contributed by atoms with E-state index in [0.29, 0.717) is 11.8 Å². The van der Waals surface area contributed by atoms with Gasteiger partial charge in [-0.25, -0.2) is 0 Å². The number of hydrogen-bond acceptors (Lipinski definition) is 5. The summed E-state index contributed by atoms with van der Waals surface area (Å²) in [5.41, 5.74) is 0. The second-order valence-corrected chi connectivity index (χ2v) is 3.49. The van der Waals surface area contributed by atoms with Crippen molar-refractivity contribution >= 4 is 0 Å². The summed E-state index contributed by atoms with van der Waals surface area (Å²) in [6, 6.07) is 0.421. The Morgan fingerprint density at radius 2 is 2.20 bits per heavy atom. The van der Waals surface area contributed by atoms with Crippen molar-refractivity contribution in [3.63, 3.8) is 0 Å². The second-order valence-electron chi connectivity index (χ2n) is 3.49. The van der Waals surface area contributed by atoms with Gasteiger partial charge in [0.05, 0.1) is 19.5 Å². The summed E-state index contributed by atoms with van der Waals surface area (Å²) in [7, 11) is 1.59. The van der Waals surface area contributed by atoms with Crippen molar-refractivity contribution in [1.82, 2.24) is 15.3 Å². The highest BCUT2D eigenvalue weighted by Crippen LogP contribution is 2.12. The van der Waals surface area contributed by atoms with Crippen LogP contribution in [-0.4, -0.2) is 36.3 Å². The highest BCUT2D eigenvalue weighted by Gasteiger charge is 2.15. The van der Waals surface area contributed by atoms with Gasteiger partial charge in [-0.15, -0.1) is 0 Å². The van der Waals surface area contributed by atoms with Gasteiger partial charge >= 0.3 is 6.01 Å². The summed E-state index contributed by atoms with van der Waals surface area (Å²) in [5, 5.41) is 3.27. The number of rotatable bonds is 3. The molecule has 0 aliphatic carbocycles. The predicted octanol–water partition coefficient (Wildman–Crippen LogP) is 0.616. The van der Waals surface area contributed by atoms with Gasteiger partial charge in [0.15, 0.2) is 5.75 Å². The van der Waals surface area contributed by atoms with Crippen LogP contribution < -0.4 is 14.8 Å². The lowest BCUT2D eigenvalue weighted by atomic mass is 10.1. The first-order chi connectivity index (χ1) is 7.38. The molecule has 5 nitrogen and oxygen atoms in total. The van der Waals surface area contributed by atoms with Crippen LogP contribution in [0, 0.1) is 0 Å². The van der Waals surface area contributed by atoms with Crippen LogP contribution in [0.2, 0.25) is 0 Å². The Kier molecular flexibility index (Phi) is 3.34. The maximum Gasteiger partial charge on any atom is 0.316 e. The Morgan fingerprint density at radius 1 is 1.40 bits per heavy atom. The smallest absolute Gasteiger partial charge is 0.316 e. The van der Waals surface area contributed by atoms with E-state index in [-0.39, 0.29) is 6.10 Å². The van der Waals surface area contributed by atoms with Gasteiger partial charge in [-0.05, 0) is 19.4 Å². The van der Waals surface area contributed by atoms with E-state index >= 15 is 0 Å². The van der Waals surface area contributed by atoms with Gasteiger partial charge in [-0.1, -0.05) is 0 Å². The molecule has 2 rings (SSSR count). The second kappa shape index (κ2) is 4.93. The third-order valence-electron chi connectivity index (χ3n) is 2.36. The van der Waals surface area contributed by atoms with Crippen molar-refractivity contribution < 1.29 is 9.47 Å². The molecule has 0 aromatic carbocycles. The minimum Gasteiger partial charge on any atom is -0.494 e. The van der Waals surface area contributed by atoms with Crippen LogP contribution in [0.3, 0.4) is 0 Å². The minimum atomic E-state index is 0.187. The molecular formula is C10H15N3O2. The van der Waals surface area contributed by atoms with Gasteiger partial charge in [-0.2, -0.15) is 9.97 Å². The molecule has 1 aliphatic rings. The summed E-state index contributed by atoms with van der Waals surface area (Å²) in [5.74, 6) is 0.643. The molecule has 1 fully saturated rings. The van der Waals surface area contributed by atoms with E-state index in [2.05, 4.69) is 15.3 Å². The molecule has 1 saturated heterocycles. The van der Waals surface area contributed by atoms with E-state index in [1.54, 1.807) is 19.5 Å². The fourth-order valence-corrected chi connectivity index (χ4v) is 1.54. The molecule has 15 heavy (non-hydrogen) atoms. The largest absolute Gasteiger partial charge is 0.494 e. The Labute approximate surface area is 88.8 Å². The van der Waals surface area contributed by atoms with Gasteiger partial charge in [-0.3, -0.25) is 0 Å². The normalized spacial score (nSPS) is 21.0. The molecular weight excluding hydrogens is 194 g/mol. The van der Waals surface area contributed by atoms with Crippen LogP contribution in [0.5, 0.6) is 11.8 Å². The first-order valence-corrected chi connectivity index (χ1v) is 5.12. The fourth-order valence-electron chi connectivity index (χ4n) is 1.54. The number of hydrogen-bond donors (Lipinski definition) is 1. The van der Waals surface area contributed by atoms with Gasteiger partial charge in [0, 0.05) is 6.54 Å². The zero-order valence-electron chi connectivity index (χ0n) is 8.77. The molecule has 1 aliphatic heterocycles. The molecule has 0 unspecified atom stereocenters. The summed E-state index contributed by atoms with van der Waals surface area (Å²) < 4.78 is 10.6. The van der Waals surface area contributed by atoms with Crippen molar-refractivity contribution in [2.45, 2.75) is 18.9 Å². The molecule has 0 radical (unpaired) electrons. The van der Waals surface area contributed by atoms with E-state index in [9.17, 15) is 0 Å². The number of ether oxygens (including phenoxy) is 2. The van der Waals surface area contributed by atoms with E-state index < -0.39 is 0 Å². The average Bonchev–Trinajstić information content (AvgIpc) is 2.31. The summed E-state index contributed by atoms with van der Waals surface area (Å²) in [6.07, 6.45) is 5.60. The minimum absolute atomic E-state index is 0.187. The molecule has 1 aromatic heterocycles. The lowest BCUT2D eigenvalue weighted by Crippen LogP contribution is -2.37. The predicted molar refractivity (Wildman–Crippen MR) is 55.1 cm³/mol. The first-order valence-electron chi connectivity index (χ1n) is 5.12. The number of methoxy groups -OCH3 is 1. The number of piperidine rings is 1. The first kappa shape index (κ1) is 10.2. The van der Waals surface area contributed by atoms with Crippen LogP contribution in [0.4, 0.5) is 0 Å². The fraction of sp³-hybridized carbons (Fsp3) is 0.600. The highest BCUT2D eigenvalue weighted by atomic mass is 16.5. The van der Waals surface area contributed by atoms with E-state index in [1.165, 1.54) is 0 Å². The van der Waals surface area contributed by atoms with Gasteiger partial charge < -0.3 is 14.8 Å². The van der Waals surface area contributed by atoms with Crippen molar-refractivity contribution in [3.05, 3.63) is 12.4 Å². The Hall–Kier alpha value is -1.36. The van der Waals surface area contributed by atoms with Crippen molar-refractivity contribution in [2.75, 3.05) is 20.2 Å². The lowest BCUT2D eigenvalue weighted by Gasteiger charge is -2.22. The summed E-state index contributed by atoms with van der Waals surface area (Å²) >= 11 is 0. The SMILES string of the molecule is COc1cnc(O[C@@H]2CCCNC2)nc1.